The maximum Gasteiger partial charge on any atom is 0.247 e. The molecule has 0 spiro atoms. The minimum absolute atomic E-state index is 0.0175. The molecule has 0 bridgehead atoms. The highest BCUT2D eigenvalue weighted by Crippen LogP contribution is 2.19. The minimum Gasteiger partial charge on any atom is -0.394 e. The van der Waals surface area contributed by atoms with E-state index in [1.54, 1.807) is 26.0 Å². The van der Waals surface area contributed by atoms with Gasteiger partial charge in [-0.05, 0) is 57.6 Å². The van der Waals surface area contributed by atoms with Crippen LogP contribution in [0.2, 0.25) is 0 Å². The Kier molecular flexibility index (Phi) is 15.1. The van der Waals surface area contributed by atoms with Crippen LogP contribution in [0, 0.1) is 11.8 Å². The van der Waals surface area contributed by atoms with Gasteiger partial charge in [0.2, 0.25) is 5.91 Å². The molecule has 0 heterocycles. The zero-order valence-corrected chi connectivity index (χ0v) is 22.8. The molecule has 1 rings (SSSR count). The molecule has 0 aliphatic carbocycles. The van der Waals surface area contributed by atoms with E-state index in [0.717, 1.165) is 24.0 Å². The lowest BCUT2D eigenvalue weighted by atomic mass is 9.92. The molecule has 0 saturated heterocycles. The second kappa shape index (κ2) is 17.5. The maximum absolute atomic E-state index is 11.9. The Morgan fingerprint density at radius 3 is 2.25 bits per heavy atom. The standard InChI is InChI=1S/C32H45NO3/c1-24(15-11-8-7-9-12-16-26(3)32(36)33-29(6)23-34)21-27(4)31(35)28(5)22-25(2)19-20-30-17-13-10-14-18-30/h7-18,21-22,25,27,29,31,34-35H,19-20,23H2,1-6H3,(H,33,36)/b8-7+,12-9+,15-11+,24-21+,26-16+,28-22+/t25-,27+,29-,31+/m0/s1. The molecule has 4 nitrogen and oxygen atoms in total. The molecular weight excluding hydrogens is 446 g/mol. The molecule has 4 atom stereocenters. The Morgan fingerprint density at radius 1 is 0.944 bits per heavy atom. The molecule has 0 aromatic heterocycles. The third kappa shape index (κ3) is 13.2. The van der Waals surface area contributed by atoms with Gasteiger partial charge in [-0.1, -0.05) is 104 Å². The van der Waals surface area contributed by atoms with Crippen molar-refractivity contribution in [2.24, 2.45) is 11.8 Å². The number of benzene rings is 1. The summed E-state index contributed by atoms with van der Waals surface area (Å²) in [5.74, 6) is 0.241. The number of aliphatic hydroxyl groups is 2. The van der Waals surface area contributed by atoms with Crippen molar-refractivity contribution in [3.05, 3.63) is 107 Å². The highest BCUT2D eigenvalue weighted by Gasteiger charge is 2.14. The van der Waals surface area contributed by atoms with Gasteiger partial charge < -0.3 is 15.5 Å². The summed E-state index contributed by atoms with van der Waals surface area (Å²) in [7, 11) is 0. The van der Waals surface area contributed by atoms with Gasteiger partial charge >= 0.3 is 0 Å². The molecular formula is C32H45NO3. The molecule has 0 fully saturated rings. The van der Waals surface area contributed by atoms with E-state index in [4.69, 9.17) is 5.11 Å². The van der Waals surface area contributed by atoms with Crippen LogP contribution in [0.1, 0.15) is 53.5 Å². The molecule has 0 aliphatic rings. The predicted molar refractivity (Wildman–Crippen MR) is 152 cm³/mol. The Labute approximate surface area is 218 Å². The van der Waals surface area contributed by atoms with Crippen molar-refractivity contribution in [1.29, 1.82) is 0 Å². The van der Waals surface area contributed by atoms with Crippen molar-refractivity contribution in [3.63, 3.8) is 0 Å². The summed E-state index contributed by atoms with van der Waals surface area (Å²) in [6.07, 6.45) is 19.1. The van der Waals surface area contributed by atoms with E-state index in [1.165, 1.54) is 5.56 Å². The van der Waals surface area contributed by atoms with Crippen molar-refractivity contribution in [3.8, 4) is 0 Å². The fourth-order valence-electron chi connectivity index (χ4n) is 3.70. The number of aliphatic hydroxyl groups excluding tert-OH is 2. The number of amides is 1. The van der Waals surface area contributed by atoms with Gasteiger partial charge in [-0.3, -0.25) is 4.79 Å². The third-order valence-electron chi connectivity index (χ3n) is 5.93. The first-order valence-corrected chi connectivity index (χ1v) is 12.8. The Hall–Kier alpha value is -2.95. The summed E-state index contributed by atoms with van der Waals surface area (Å²) in [4.78, 5) is 11.9. The van der Waals surface area contributed by atoms with Crippen LogP contribution in [0.3, 0.4) is 0 Å². The smallest absolute Gasteiger partial charge is 0.247 e. The van der Waals surface area contributed by atoms with Crippen LogP contribution in [0.5, 0.6) is 0 Å². The van der Waals surface area contributed by atoms with Crippen molar-refractivity contribution in [2.75, 3.05) is 6.61 Å². The van der Waals surface area contributed by atoms with Crippen LogP contribution in [-0.4, -0.2) is 34.9 Å². The van der Waals surface area contributed by atoms with Crippen LogP contribution >= 0.6 is 0 Å². The van der Waals surface area contributed by atoms with Gasteiger partial charge in [0.05, 0.1) is 12.7 Å². The summed E-state index contributed by atoms with van der Waals surface area (Å²) < 4.78 is 0. The highest BCUT2D eigenvalue weighted by atomic mass is 16.3. The summed E-state index contributed by atoms with van der Waals surface area (Å²) in [6.45, 7) is 11.7. The van der Waals surface area contributed by atoms with E-state index in [9.17, 15) is 9.90 Å². The van der Waals surface area contributed by atoms with Crippen molar-refractivity contribution >= 4 is 5.91 Å². The molecule has 4 heteroatoms. The van der Waals surface area contributed by atoms with E-state index < -0.39 is 6.10 Å². The van der Waals surface area contributed by atoms with Gasteiger partial charge in [0.1, 0.15) is 0 Å². The van der Waals surface area contributed by atoms with Crippen LogP contribution in [0.4, 0.5) is 0 Å². The SMILES string of the molecule is CC(/C=C/C=C/C=C/C=C(\C)C(=O)N[C@@H](C)CO)=C\[C@@H](C)[C@@H](O)/C(C)=C/[C@@H](C)CCc1ccccc1. The lowest BCUT2D eigenvalue weighted by molar-refractivity contribution is -0.118. The average Bonchev–Trinajstić information content (AvgIpc) is 2.86. The van der Waals surface area contributed by atoms with Crippen LogP contribution in [0.25, 0.3) is 0 Å². The number of carbonyl (C=O) groups excluding carboxylic acids is 1. The van der Waals surface area contributed by atoms with Crippen molar-refractivity contribution in [2.45, 2.75) is 66.5 Å². The fraction of sp³-hybridized carbons (Fsp3) is 0.406. The van der Waals surface area contributed by atoms with Gasteiger partial charge in [-0.15, -0.1) is 0 Å². The Morgan fingerprint density at radius 2 is 1.58 bits per heavy atom. The normalized spacial score (nSPS) is 17.1. The van der Waals surface area contributed by atoms with E-state index in [2.05, 4.69) is 48.7 Å². The number of hydrogen-bond donors (Lipinski definition) is 3. The fourth-order valence-corrected chi connectivity index (χ4v) is 3.70. The molecule has 0 unspecified atom stereocenters. The number of hydrogen-bond acceptors (Lipinski definition) is 3. The Balaban J connectivity index is 2.53. The van der Waals surface area contributed by atoms with E-state index in [1.807, 2.05) is 57.2 Å². The summed E-state index contributed by atoms with van der Waals surface area (Å²) in [6, 6.07) is 10.3. The molecule has 1 amide bonds. The third-order valence-corrected chi connectivity index (χ3v) is 5.93. The number of allylic oxidation sites excluding steroid dienone is 9. The van der Waals surface area contributed by atoms with Gasteiger partial charge in [-0.25, -0.2) is 0 Å². The molecule has 3 N–H and O–H groups in total. The molecule has 0 radical (unpaired) electrons. The molecule has 1 aromatic rings. The Bertz CT molecular complexity index is 966. The lowest BCUT2D eigenvalue weighted by Crippen LogP contribution is -2.35. The first-order chi connectivity index (χ1) is 17.1. The van der Waals surface area contributed by atoms with E-state index >= 15 is 0 Å². The van der Waals surface area contributed by atoms with Gasteiger partial charge in [-0.2, -0.15) is 0 Å². The molecule has 1 aromatic carbocycles. The molecule has 0 saturated carbocycles. The summed E-state index contributed by atoms with van der Waals surface area (Å²) in [5.41, 5.74) is 4.04. The van der Waals surface area contributed by atoms with Crippen LogP contribution < -0.4 is 5.32 Å². The minimum atomic E-state index is -0.501. The number of carbonyl (C=O) groups is 1. The number of aryl methyl sites for hydroxylation is 1. The predicted octanol–water partition coefficient (Wildman–Crippen LogP) is 6.26. The highest BCUT2D eigenvalue weighted by molar-refractivity contribution is 5.93. The first-order valence-electron chi connectivity index (χ1n) is 12.8. The zero-order valence-electron chi connectivity index (χ0n) is 22.8. The number of nitrogens with one attached hydrogen (secondary N) is 1. The summed E-state index contributed by atoms with van der Waals surface area (Å²) in [5, 5.41) is 22.5. The largest absolute Gasteiger partial charge is 0.394 e. The monoisotopic (exact) mass is 491 g/mol. The quantitative estimate of drug-likeness (QED) is 0.163. The lowest BCUT2D eigenvalue weighted by Gasteiger charge is -2.19. The van der Waals surface area contributed by atoms with Crippen LogP contribution in [0.15, 0.2) is 102 Å². The van der Waals surface area contributed by atoms with E-state index in [0.29, 0.717) is 11.5 Å². The number of rotatable bonds is 14. The zero-order chi connectivity index (χ0) is 26.9. The van der Waals surface area contributed by atoms with Gasteiger partial charge in [0, 0.05) is 17.5 Å². The maximum atomic E-state index is 11.9. The second-order valence-corrected chi connectivity index (χ2v) is 9.66. The average molecular weight is 492 g/mol. The summed E-state index contributed by atoms with van der Waals surface area (Å²) >= 11 is 0. The molecule has 196 valence electrons. The first kappa shape index (κ1) is 31.1. The second-order valence-electron chi connectivity index (χ2n) is 9.66. The van der Waals surface area contributed by atoms with Crippen molar-refractivity contribution in [1.82, 2.24) is 5.32 Å². The molecule has 0 aliphatic heterocycles. The molecule has 36 heavy (non-hydrogen) atoms. The van der Waals surface area contributed by atoms with Gasteiger partial charge in [0.25, 0.3) is 0 Å². The van der Waals surface area contributed by atoms with Gasteiger partial charge in [0.15, 0.2) is 0 Å². The van der Waals surface area contributed by atoms with E-state index in [-0.39, 0.29) is 24.5 Å². The van der Waals surface area contributed by atoms with Crippen molar-refractivity contribution < 1.29 is 15.0 Å². The van der Waals surface area contributed by atoms with Crippen LogP contribution in [-0.2, 0) is 11.2 Å². The topological polar surface area (TPSA) is 69.6 Å².